The van der Waals surface area contributed by atoms with Gasteiger partial charge in [0.15, 0.2) is 0 Å². The van der Waals surface area contributed by atoms with Crippen LogP contribution < -0.4 is 14.8 Å². The van der Waals surface area contributed by atoms with Gasteiger partial charge in [0.2, 0.25) is 0 Å². The first kappa shape index (κ1) is 18.7. The van der Waals surface area contributed by atoms with Crippen molar-refractivity contribution in [2.45, 2.75) is 0 Å². The van der Waals surface area contributed by atoms with Crippen molar-refractivity contribution in [2.75, 3.05) is 33.1 Å². The van der Waals surface area contributed by atoms with Crippen LogP contribution in [0.3, 0.4) is 0 Å². The second-order valence-corrected chi connectivity index (χ2v) is 5.86. The van der Waals surface area contributed by atoms with Crippen molar-refractivity contribution in [1.29, 1.82) is 0 Å². The van der Waals surface area contributed by atoms with Crippen LogP contribution in [0.5, 0.6) is 11.5 Å². The van der Waals surface area contributed by atoms with E-state index >= 15 is 0 Å². The molecule has 132 valence electrons. The van der Waals surface area contributed by atoms with E-state index in [-0.39, 0.29) is 6.03 Å². The Bertz CT molecular complexity index is 743. The highest BCUT2D eigenvalue weighted by Crippen LogP contribution is 2.27. The van der Waals surface area contributed by atoms with Gasteiger partial charge < -0.3 is 19.7 Å². The van der Waals surface area contributed by atoms with Crippen LogP contribution in [0, 0.1) is 0 Å². The van der Waals surface area contributed by atoms with Crippen molar-refractivity contribution >= 4 is 29.4 Å². The maximum atomic E-state index is 11.6. The van der Waals surface area contributed by atoms with Crippen molar-refractivity contribution in [2.24, 2.45) is 0 Å². The normalized spacial score (nSPS) is 10.6. The minimum absolute atomic E-state index is 0.216. The molecule has 2 aromatic carbocycles. The molecule has 0 fully saturated rings. The van der Waals surface area contributed by atoms with E-state index in [1.54, 1.807) is 39.4 Å². The second-order valence-electron chi connectivity index (χ2n) is 5.46. The molecular weight excluding hydrogens is 340 g/mol. The highest BCUT2D eigenvalue weighted by atomic mass is 35.5. The molecule has 0 saturated heterocycles. The van der Waals surface area contributed by atoms with E-state index in [4.69, 9.17) is 21.1 Å². The van der Waals surface area contributed by atoms with E-state index in [1.165, 1.54) is 4.90 Å². The number of urea groups is 1. The lowest BCUT2D eigenvalue weighted by atomic mass is 10.2. The van der Waals surface area contributed by atoms with E-state index < -0.39 is 0 Å². The Morgan fingerprint density at radius 3 is 2.52 bits per heavy atom. The smallest absolute Gasteiger partial charge is 0.321 e. The summed E-state index contributed by atoms with van der Waals surface area (Å²) >= 11 is 6.19. The SMILES string of the molecule is COc1ccc(/C=C/COc2ccc(NC(=O)N(C)C)cc2Cl)cc1. The van der Waals surface area contributed by atoms with Gasteiger partial charge in [0.05, 0.1) is 12.1 Å². The Kier molecular flexibility index (Phi) is 6.71. The minimum atomic E-state index is -0.216. The molecule has 0 aliphatic rings. The zero-order valence-electron chi connectivity index (χ0n) is 14.5. The molecule has 2 amide bonds. The lowest BCUT2D eigenvalue weighted by Gasteiger charge is -2.13. The highest BCUT2D eigenvalue weighted by Gasteiger charge is 2.07. The van der Waals surface area contributed by atoms with E-state index in [0.29, 0.717) is 23.1 Å². The first-order valence-electron chi connectivity index (χ1n) is 7.71. The van der Waals surface area contributed by atoms with Crippen LogP contribution in [0.4, 0.5) is 10.5 Å². The fourth-order valence-electron chi connectivity index (χ4n) is 1.97. The van der Waals surface area contributed by atoms with Gasteiger partial charge in [-0.15, -0.1) is 0 Å². The average Bonchev–Trinajstić information content (AvgIpc) is 2.60. The summed E-state index contributed by atoms with van der Waals surface area (Å²) in [5, 5.41) is 3.17. The van der Waals surface area contributed by atoms with Crippen LogP contribution in [-0.4, -0.2) is 38.7 Å². The van der Waals surface area contributed by atoms with Crippen LogP contribution in [0.15, 0.2) is 48.5 Å². The number of methoxy groups -OCH3 is 1. The number of benzene rings is 2. The number of hydrogen-bond donors (Lipinski definition) is 1. The third-order valence-electron chi connectivity index (χ3n) is 3.35. The quantitative estimate of drug-likeness (QED) is 0.823. The summed E-state index contributed by atoms with van der Waals surface area (Å²) in [6, 6.07) is 12.6. The number of nitrogens with one attached hydrogen (secondary N) is 1. The summed E-state index contributed by atoms with van der Waals surface area (Å²) in [5.74, 6) is 1.38. The highest BCUT2D eigenvalue weighted by molar-refractivity contribution is 6.32. The number of amides is 2. The van der Waals surface area contributed by atoms with Gasteiger partial charge in [-0.1, -0.05) is 29.8 Å². The van der Waals surface area contributed by atoms with Gasteiger partial charge in [-0.05, 0) is 42.0 Å². The molecule has 0 atom stereocenters. The monoisotopic (exact) mass is 360 g/mol. The van der Waals surface area contributed by atoms with Crippen molar-refractivity contribution < 1.29 is 14.3 Å². The lowest BCUT2D eigenvalue weighted by molar-refractivity contribution is 0.230. The molecule has 0 aliphatic heterocycles. The number of carbonyl (C=O) groups excluding carboxylic acids is 1. The molecule has 2 rings (SSSR count). The molecule has 0 heterocycles. The number of hydrogen-bond acceptors (Lipinski definition) is 3. The molecule has 0 radical (unpaired) electrons. The molecule has 0 aromatic heterocycles. The second kappa shape index (κ2) is 8.99. The topological polar surface area (TPSA) is 50.8 Å². The first-order valence-corrected chi connectivity index (χ1v) is 8.08. The van der Waals surface area contributed by atoms with Crippen LogP contribution in [0.2, 0.25) is 5.02 Å². The number of carbonyl (C=O) groups is 1. The molecule has 1 N–H and O–H groups in total. The Labute approximate surface area is 152 Å². The number of ether oxygens (including phenoxy) is 2. The first-order chi connectivity index (χ1) is 12.0. The number of anilines is 1. The van der Waals surface area contributed by atoms with Crippen molar-refractivity contribution in [1.82, 2.24) is 4.90 Å². The van der Waals surface area contributed by atoms with Gasteiger partial charge in [0, 0.05) is 19.8 Å². The van der Waals surface area contributed by atoms with Crippen molar-refractivity contribution in [3.63, 3.8) is 0 Å². The lowest BCUT2D eigenvalue weighted by Crippen LogP contribution is -2.27. The predicted molar refractivity (Wildman–Crippen MR) is 102 cm³/mol. The zero-order valence-corrected chi connectivity index (χ0v) is 15.2. The largest absolute Gasteiger partial charge is 0.497 e. The maximum Gasteiger partial charge on any atom is 0.321 e. The molecule has 0 saturated carbocycles. The fraction of sp³-hybridized carbons (Fsp3) is 0.211. The number of rotatable bonds is 6. The van der Waals surface area contributed by atoms with Gasteiger partial charge in [0.25, 0.3) is 0 Å². The fourth-order valence-corrected chi connectivity index (χ4v) is 2.20. The summed E-state index contributed by atoms with van der Waals surface area (Å²) in [4.78, 5) is 13.1. The number of halogens is 1. The molecular formula is C19H21ClN2O3. The third-order valence-corrected chi connectivity index (χ3v) is 3.65. The Hall–Kier alpha value is -2.66. The Balaban J connectivity index is 1.89. The van der Waals surface area contributed by atoms with Crippen LogP contribution in [0.1, 0.15) is 5.56 Å². The summed E-state index contributed by atoms with van der Waals surface area (Å²) < 4.78 is 10.8. The molecule has 25 heavy (non-hydrogen) atoms. The molecule has 0 bridgehead atoms. The van der Waals surface area contributed by atoms with Gasteiger partial charge >= 0.3 is 6.03 Å². The van der Waals surface area contributed by atoms with Gasteiger partial charge in [-0.2, -0.15) is 0 Å². The van der Waals surface area contributed by atoms with Gasteiger partial charge in [-0.25, -0.2) is 4.79 Å². The Morgan fingerprint density at radius 1 is 1.20 bits per heavy atom. The molecule has 6 heteroatoms. The van der Waals surface area contributed by atoms with E-state index in [9.17, 15) is 4.79 Å². The zero-order chi connectivity index (χ0) is 18.2. The van der Waals surface area contributed by atoms with Crippen LogP contribution >= 0.6 is 11.6 Å². The van der Waals surface area contributed by atoms with E-state index in [0.717, 1.165) is 11.3 Å². The Morgan fingerprint density at radius 2 is 1.92 bits per heavy atom. The maximum absolute atomic E-state index is 11.6. The van der Waals surface area contributed by atoms with Gasteiger partial charge in [-0.3, -0.25) is 0 Å². The summed E-state index contributed by atoms with van der Waals surface area (Å²) in [6.45, 7) is 0.384. The summed E-state index contributed by atoms with van der Waals surface area (Å²) in [5.41, 5.74) is 1.67. The number of nitrogens with zero attached hydrogens (tertiary/aromatic N) is 1. The van der Waals surface area contributed by atoms with Crippen molar-refractivity contribution in [3.8, 4) is 11.5 Å². The average molecular weight is 361 g/mol. The van der Waals surface area contributed by atoms with Crippen LogP contribution in [0.25, 0.3) is 6.08 Å². The standard InChI is InChI=1S/C19H21ClN2O3/c1-22(2)19(23)21-15-8-11-18(17(20)13-15)25-12-4-5-14-6-9-16(24-3)10-7-14/h4-11,13H,12H2,1-3H3,(H,21,23)/b5-4+. The molecule has 2 aromatic rings. The van der Waals surface area contributed by atoms with Gasteiger partial charge in [0.1, 0.15) is 18.1 Å². The summed E-state index contributed by atoms with van der Waals surface area (Å²) in [7, 11) is 4.98. The van der Waals surface area contributed by atoms with Crippen molar-refractivity contribution in [3.05, 3.63) is 59.1 Å². The molecule has 0 spiro atoms. The third kappa shape index (κ3) is 5.72. The molecule has 0 unspecified atom stereocenters. The van der Waals surface area contributed by atoms with E-state index in [1.807, 2.05) is 36.4 Å². The predicted octanol–water partition coefficient (Wildman–Crippen LogP) is 4.53. The minimum Gasteiger partial charge on any atom is -0.497 e. The molecule has 5 nitrogen and oxygen atoms in total. The van der Waals surface area contributed by atoms with Crippen LogP contribution in [-0.2, 0) is 0 Å². The molecule has 0 aliphatic carbocycles. The van der Waals surface area contributed by atoms with E-state index in [2.05, 4.69) is 5.32 Å². The summed E-state index contributed by atoms with van der Waals surface area (Å²) in [6.07, 6.45) is 3.86.